The molecule has 0 bridgehead atoms. The van der Waals surface area contributed by atoms with E-state index in [-0.39, 0.29) is 37.0 Å². The van der Waals surface area contributed by atoms with E-state index in [0.29, 0.717) is 17.9 Å². The lowest BCUT2D eigenvalue weighted by Gasteiger charge is -2.34. The largest absolute Gasteiger partial charge is 0.489 e. The minimum Gasteiger partial charge on any atom is -0.489 e. The first-order chi connectivity index (χ1) is 16.4. The predicted octanol–water partition coefficient (Wildman–Crippen LogP) is 3.32. The number of nitro groups is 1. The zero-order valence-electron chi connectivity index (χ0n) is 18.2. The Hall–Kier alpha value is -3.76. The number of amides is 1. The van der Waals surface area contributed by atoms with Gasteiger partial charge in [-0.2, -0.15) is 4.31 Å². The first-order valence-corrected chi connectivity index (χ1v) is 12.1. The standard InChI is InChI=1S/C24H23N3O6S/c28-24(20-9-6-10-21(17-20)33-18-19-7-2-1-3-8-19)25-13-15-26(16-14-25)34(31,32)23-12-5-4-11-22(23)27(29)30/h1-12,17H,13-16,18H2. The number of ether oxygens (including phenoxy) is 1. The molecule has 0 unspecified atom stereocenters. The Morgan fingerprint density at radius 2 is 1.59 bits per heavy atom. The van der Waals surface area contributed by atoms with Crippen LogP contribution < -0.4 is 4.74 Å². The van der Waals surface area contributed by atoms with Gasteiger partial charge in [-0.15, -0.1) is 0 Å². The van der Waals surface area contributed by atoms with Crippen molar-refractivity contribution in [3.8, 4) is 5.75 Å². The third-order valence-electron chi connectivity index (χ3n) is 5.53. The molecular formula is C24H23N3O6S. The lowest BCUT2D eigenvalue weighted by atomic mass is 10.1. The van der Waals surface area contributed by atoms with Gasteiger partial charge in [0, 0.05) is 37.8 Å². The summed E-state index contributed by atoms with van der Waals surface area (Å²) in [5, 5.41) is 11.3. The van der Waals surface area contributed by atoms with E-state index in [9.17, 15) is 23.3 Å². The molecule has 1 saturated heterocycles. The van der Waals surface area contributed by atoms with E-state index in [2.05, 4.69) is 0 Å². The number of hydrogen-bond donors (Lipinski definition) is 0. The summed E-state index contributed by atoms with van der Waals surface area (Å²) in [5.74, 6) is 0.334. The number of nitrogens with zero attached hydrogens (tertiary/aromatic N) is 3. The maximum atomic E-state index is 13.0. The van der Waals surface area contributed by atoms with Crippen LogP contribution in [0.15, 0.2) is 83.8 Å². The van der Waals surface area contributed by atoms with Crippen molar-refractivity contribution < 1.29 is 22.9 Å². The van der Waals surface area contributed by atoms with Gasteiger partial charge >= 0.3 is 0 Å². The van der Waals surface area contributed by atoms with Crippen LogP contribution in [0.1, 0.15) is 15.9 Å². The summed E-state index contributed by atoms with van der Waals surface area (Å²) in [6, 6.07) is 21.8. The van der Waals surface area contributed by atoms with Gasteiger partial charge in [0.2, 0.25) is 10.0 Å². The Bertz CT molecular complexity index is 1290. The SMILES string of the molecule is O=C(c1cccc(OCc2ccccc2)c1)N1CCN(S(=O)(=O)c2ccccc2[N+](=O)[O-])CC1. The van der Waals surface area contributed by atoms with Gasteiger partial charge in [-0.3, -0.25) is 14.9 Å². The van der Waals surface area contributed by atoms with Crippen LogP contribution in [0.3, 0.4) is 0 Å². The third-order valence-corrected chi connectivity index (χ3v) is 7.48. The van der Waals surface area contributed by atoms with Gasteiger partial charge in [-0.05, 0) is 29.8 Å². The van der Waals surface area contributed by atoms with Crippen LogP contribution in [0.2, 0.25) is 0 Å². The highest BCUT2D eigenvalue weighted by Crippen LogP contribution is 2.27. The first kappa shape index (κ1) is 23.4. The summed E-state index contributed by atoms with van der Waals surface area (Å²) in [4.78, 5) is 24.8. The first-order valence-electron chi connectivity index (χ1n) is 10.7. The minimum atomic E-state index is -4.06. The van der Waals surface area contributed by atoms with Crippen LogP contribution in [0.5, 0.6) is 5.75 Å². The van der Waals surface area contributed by atoms with Crippen LogP contribution in [-0.4, -0.2) is 54.6 Å². The smallest absolute Gasteiger partial charge is 0.289 e. The second-order valence-corrected chi connectivity index (χ2v) is 9.63. The molecule has 0 aliphatic carbocycles. The number of hydrogen-bond acceptors (Lipinski definition) is 6. The van der Waals surface area contributed by atoms with Crippen LogP contribution in [-0.2, 0) is 16.6 Å². The molecule has 34 heavy (non-hydrogen) atoms. The maximum Gasteiger partial charge on any atom is 0.289 e. The molecule has 3 aromatic carbocycles. The van der Waals surface area contributed by atoms with Gasteiger partial charge in [0.1, 0.15) is 12.4 Å². The fourth-order valence-electron chi connectivity index (χ4n) is 3.74. The highest BCUT2D eigenvalue weighted by Gasteiger charge is 2.34. The summed E-state index contributed by atoms with van der Waals surface area (Å²) < 4.78 is 33.0. The second kappa shape index (κ2) is 10.0. The van der Waals surface area contributed by atoms with Gasteiger partial charge < -0.3 is 9.64 Å². The zero-order chi connectivity index (χ0) is 24.1. The molecule has 1 amide bonds. The van der Waals surface area contributed by atoms with Crippen molar-refractivity contribution in [2.75, 3.05) is 26.2 Å². The monoisotopic (exact) mass is 481 g/mol. The number of carbonyl (C=O) groups is 1. The molecule has 1 aliphatic heterocycles. The molecule has 0 atom stereocenters. The van der Waals surface area contributed by atoms with Gasteiger partial charge in [0.05, 0.1) is 4.92 Å². The van der Waals surface area contributed by atoms with Crippen molar-refractivity contribution in [3.63, 3.8) is 0 Å². The molecule has 4 rings (SSSR count). The van der Waals surface area contributed by atoms with Crippen molar-refractivity contribution in [1.82, 2.24) is 9.21 Å². The summed E-state index contributed by atoms with van der Waals surface area (Å²) in [7, 11) is -4.06. The minimum absolute atomic E-state index is 0.0460. The van der Waals surface area contributed by atoms with Crippen molar-refractivity contribution in [2.24, 2.45) is 0 Å². The van der Waals surface area contributed by atoms with Gasteiger partial charge in [-0.1, -0.05) is 48.5 Å². The molecule has 0 aromatic heterocycles. The Morgan fingerprint density at radius 3 is 2.29 bits per heavy atom. The van der Waals surface area contributed by atoms with E-state index < -0.39 is 20.6 Å². The predicted molar refractivity (Wildman–Crippen MR) is 125 cm³/mol. The second-order valence-electron chi connectivity index (χ2n) is 7.72. The molecule has 0 spiro atoms. The van der Waals surface area contributed by atoms with E-state index in [1.54, 1.807) is 29.2 Å². The molecule has 176 valence electrons. The summed E-state index contributed by atoms with van der Waals surface area (Å²) >= 11 is 0. The van der Waals surface area contributed by atoms with Crippen LogP contribution >= 0.6 is 0 Å². The van der Waals surface area contributed by atoms with E-state index in [1.807, 2.05) is 30.3 Å². The van der Waals surface area contributed by atoms with Crippen LogP contribution in [0.4, 0.5) is 5.69 Å². The lowest BCUT2D eigenvalue weighted by Crippen LogP contribution is -2.50. The number of piperazine rings is 1. The number of carbonyl (C=O) groups excluding carboxylic acids is 1. The average molecular weight is 482 g/mol. The Labute approximate surface area is 197 Å². The fourth-order valence-corrected chi connectivity index (χ4v) is 5.32. The number of para-hydroxylation sites is 1. The van der Waals surface area contributed by atoms with Gasteiger partial charge in [-0.25, -0.2) is 8.42 Å². The molecule has 1 fully saturated rings. The molecule has 1 aliphatic rings. The number of benzene rings is 3. The zero-order valence-corrected chi connectivity index (χ0v) is 19.1. The number of sulfonamides is 1. The van der Waals surface area contributed by atoms with Gasteiger partial charge in [0.15, 0.2) is 4.90 Å². The normalized spacial score (nSPS) is 14.5. The van der Waals surface area contributed by atoms with Crippen molar-refractivity contribution >= 4 is 21.6 Å². The van der Waals surface area contributed by atoms with Crippen LogP contribution in [0.25, 0.3) is 0 Å². The van der Waals surface area contributed by atoms with E-state index in [1.165, 1.54) is 28.6 Å². The Morgan fingerprint density at radius 1 is 0.912 bits per heavy atom. The van der Waals surface area contributed by atoms with Crippen LogP contribution in [0, 0.1) is 10.1 Å². The van der Waals surface area contributed by atoms with Crippen molar-refractivity contribution in [2.45, 2.75) is 11.5 Å². The molecule has 1 heterocycles. The molecule has 9 nitrogen and oxygen atoms in total. The van der Waals surface area contributed by atoms with Crippen molar-refractivity contribution in [3.05, 3.63) is 100 Å². The lowest BCUT2D eigenvalue weighted by molar-refractivity contribution is -0.387. The highest BCUT2D eigenvalue weighted by molar-refractivity contribution is 7.89. The van der Waals surface area contributed by atoms with E-state index in [4.69, 9.17) is 4.74 Å². The fraction of sp³-hybridized carbons (Fsp3) is 0.208. The Kier molecular flexibility index (Phi) is 6.90. The molecule has 3 aromatic rings. The third kappa shape index (κ3) is 5.08. The van der Waals surface area contributed by atoms with Gasteiger partial charge in [0.25, 0.3) is 11.6 Å². The quantitative estimate of drug-likeness (QED) is 0.378. The molecule has 0 N–H and O–H groups in total. The van der Waals surface area contributed by atoms with E-state index in [0.717, 1.165) is 5.56 Å². The van der Waals surface area contributed by atoms with E-state index >= 15 is 0 Å². The Balaban J connectivity index is 1.41. The van der Waals surface area contributed by atoms with Crippen molar-refractivity contribution in [1.29, 1.82) is 0 Å². The average Bonchev–Trinajstić information content (AvgIpc) is 2.88. The topological polar surface area (TPSA) is 110 Å². The summed E-state index contributed by atoms with van der Waals surface area (Å²) in [5.41, 5.74) is 0.990. The summed E-state index contributed by atoms with van der Waals surface area (Å²) in [6.45, 7) is 0.816. The molecule has 0 saturated carbocycles. The molecule has 0 radical (unpaired) electrons. The maximum absolute atomic E-state index is 13.0. The summed E-state index contributed by atoms with van der Waals surface area (Å²) in [6.07, 6.45) is 0. The highest BCUT2D eigenvalue weighted by atomic mass is 32.2. The molecular weight excluding hydrogens is 458 g/mol. The molecule has 10 heteroatoms. The number of nitro benzene ring substituents is 1. The number of rotatable bonds is 7.